The molecule has 2 nitrogen and oxygen atoms in total. The molecule has 29 heavy (non-hydrogen) atoms. The van der Waals surface area contributed by atoms with Gasteiger partial charge in [-0.1, -0.05) is 73.9 Å². The number of aryl methyl sites for hydroxylation is 1. The lowest BCUT2D eigenvalue weighted by Gasteiger charge is -2.27. The first-order valence-corrected chi connectivity index (χ1v) is 11.4. The van der Waals surface area contributed by atoms with E-state index >= 15 is 0 Å². The van der Waals surface area contributed by atoms with Crippen LogP contribution in [-0.2, 0) is 10.8 Å². The summed E-state index contributed by atoms with van der Waals surface area (Å²) in [6.45, 7) is 21.6. The molecule has 1 N–H and O–H groups in total. The maximum Gasteiger partial charge on any atom is 0.127 e. The molecule has 2 aromatic rings. The van der Waals surface area contributed by atoms with Gasteiger partial charge in [0.2, 0.25) is 0 Å². The predicted octanol–water partition coefficient (Wildman–Crippen LogP) is 6.14. The first kappa shape index (κ1) is 23.6. The van der Waals surface area contributed by atoms with Crippen molar-refractivity contribution in [3.63, 3.8) is 0 Å². The smallest absolute Gasteiger partial charge is 0.127 e. The molecule has 0 fully saturated rings. The van der Waals surface area contributed by atoms with Crippen molar-refractivity contribution < 1.29 is 5.11 Å². The number of hydrogen-bond donors (Lipinski definition) is 1. The Labute approximate surface area is 179 Å². The summed E-state index contributed by atoms with van der Waals surface area (Å²) < 4.78 is 0. The fraction of sp³-hybridized carbons (Fsp3) is 0.500. The first-order valence-electron chi connectivity index (χ1n) is 10.4. The second-order valence-corrected chi connectivity index (χ2v) is 12.4. The molecule has 0 spiro atoms. The van der Waals surface area contributed by atoms with Crippen LogP contribution in [-0.4, -0.2) is 16.9 Å². The van der Waals surface area contributed by atoms with E-state index in [1.165, 1.54) is 16.4 Å². The van der Waals surface area contributed by atoms with Crippen molar-refractivity contribution in [2.24, 2.45) is 4.99 Å². The quantitative estimate of drug-likeness (QED) is 0.477. The molecule has 1 unspecified atom stereocenters. The van der Waals surface area contributed by atoms with Crippen molar-refractivity contribution in [2.45, 2.75) is 85.6 Å². The summed E-state index contributed by atoms with van der Waals surface area (Å²) in [5.74, 6) is 0.433. The summed E-state index contributed by atoms with van der Waals surface area (Å²) in [5.41, 5.74) is 4.43. The van der Waals surface area contributed by atoms with E-state index in [0.717, 1.165) is 16.4 Å². The summed E-state index contributed by atoms with van der Waals surface area (Å²) in [4.78, 5) is 4.72. The largest absolute Gasteiger partial charge is 0.507 e. The molecule has 2 aromatic carbocycles. The molecule has 0 amide bonds. The van der Waals surface area contributed by atoms with Crippen LogP contribution in [0.15, 0.2) is 35.3 Å². The normalized spacial score (nSPS) is 13.7. The van der Waals surface area contributed by atoms with E-state index in [1.807, 2.05) is 6.21 Å². The maximum atomic E-state index is 11.2. The van der Waals surface area contributed by atoms with E-state index in [2.05, 4.69) is 99.6 Å². The molecule has 0 bridgehead atoms. The van der Waals surface area contributed by atoms with Gasteiger partial charge in [-0.15, -0.1) is 0 Å². The first-order chi connectivity index (χ1) is 13.1. The van der Waals surface area contributed by atoms with Crippen molar-refractivity contribution in [1.82, 2.24) is 0 Å². The van der Waals surface area contributed by atoms with E-state index < -0.39 is 0 Å². The molecule has 0 heterocycles. The van der Waals surface area contributed by atoms with E-state index in [0.29, 0.717) is 14.3 Å². The monoisotopic (exact) mass is 411 g/mol. The molecular formula is C26H38NOP. The number of aliphatic imine (C=N–C) groups is 1. The van der Waals surface area contributed by atoms with Gasteiger partial charge in [-0.2, -0.15) is 0 Å². The van der Waals surface area contributed by atoms with Gasteiger partial charge in [0.05, 0.1) is 5.54 Å². The van der Waals surface area contributed by atoms with Crippen LogP contribution >= 0.6 is 8.58 Å². The standard InChI is InChI=1S/C26H38NOP/c1-17-11-12-21(18(13-17)16-27-26(8,9)10)29-22-15-19(24(2,3)4)14-20(23(22)28)25(5,6)7/h11-16,28-29H,1-10H3. The molecule has 0 aliphatic heterocycles. The Morgan fingerprint density at radius 3 is 1.97 bits per heavy atom. The molecule has 0 radical (unpaired) electrons. The van der Waals surface area contributed by atoms with Gasteiger partial charge in [0.1, 0.15) is 5.75 Å². The SMILES string of the molecule is Cc1ccc(Pc2cc(C(C)(C)C)cc(C(C)(C)C)c2O)c(C=NC(C)(C)C)c1. The minimum atomic E-state index is -0.117. The highest BCUT2D eigenvalue weighted by molar-refractivity contribution is 7.56. The van der Waals surface area contributed by atoms with Gasteiger partial charge in [-0.3, -0.25) is 4.99 Å². The molecule has 0 saturated heterocycles. The van der Waals surface area contributed by atoms with Crippen LogP contribution in [0.25, 0.3) is 0 Å². The Hall–Kier alpha value is -1.66. The molecule has 3 heteroatoms. The van der Waals surface area contributed by atoms with Crippen LogP contribution in [0, 0.1) is 6.92 Å². The predicted molar refractivity (Wildman–Crippen MR) is 132 cm³/mol. The fourth-order valence-electron chi connectivity index (χ4n) is 3.05. The number of benzene rings is 2. The van der Waals surface area contributed by atoms with Crippen LogP contribution < -0.4 is 10.6 Å². The van der Waals surface area contributed by atoms with Crippen LogP contribution in [0.5, 0.6) is 5.75 Å². The highest BCUT2D eigenvalue weighted by Crippen LogP contribution is 2.36. The number of aromatic hydroxyl groups is 1. The molecule has 0 aliphatic carbocycles. The third kappa shape index (κ3) is 6.41. The summed E-state index contributed by atoms with van der Waals surface area (Å²) in [6.07, 6.45) is 1.99. The van der Waals surface area contributed by atoms with Crippen molar-refractivity contribution >= 4 is 25.4 Å². The number of nitrogens with zero attached hydrogens (tertiary/aromatic N) is 1. The Morgan fingerprint density at radius 1 is 0.828 bits per heavy atom. The van der Waals surface area contributed by atoms with Crippen LogP contribution in [0.1, 0.15) is 84.6 Å². The van der Waals surface area contributed by atoms with Gasteiger partial charge in [-0.05, 0) is 61.5 Å². The molecule has 0 aromatic heterocycles. The molecule has 2 rings (SSSR count). The zero-order valence-corrected chi connectivity index (χ0v) is 20.9. The zero-order valence-electron chi connectivity index (χ0n) is 19.9. The highest BCUT2D eigenvalue weighted by atomic mass is 31.1. The third-order valence-corrected chi connectivity index (χ3v) is 6.23. The zero-order chi connectivity index (χ0) is 22.2. The summed E-state index contributed by atoms with van der Waals surface area (Å²) >= 11 is 0. The van der Waals surface area contributed by atoms with Gasteiger partial charge in [0, 0.05) is 22.6 Å². The average Bonchev–Trinajstić information content (AvgIpc) is 2.53. The molecule has 0 saturated carbocycles. The summed E-state index contributed by atoms with van der Waals surface area (Å²) in [6, 6.07) is 10.9. The number of rotatable bonds is 3. The average molecular weight is 412 g/mol. The van der Waals surface area contributed by atoms with E-state index in [-0.39, 0.29) is 16.4 Å². The Bertz CT molecular complexity index is 906. The van der Waals surface area contributed by atoms with Gasteiger partial charge in [-0.25, -0.2) is 0 Å². The molecular weight excluding hydrogens is 373 g/mol. The Kier molecular flexibility index (Phi) is 6.70. The molecule has 158 valence electrons. The third-order valence-electron chi connectivity index (χ3n) is 4.85. The highest BCUT2D eigenvalue weighted by Gasteiger charge is 2.25. The minimum absolute atomic E-state index is 0.0245. The van der Waals surface area contributed by atoms with Gasteiger partial charge in [0.25, 0.3) is 0 Å². The lowest BCUT2D eigenvalue weighted by Crippen LogP contribution is -2.21. The maximum absolute atomic E-state index is 11.2. The number of hydrogen-bond acceptors (Lipinski definition) is 2. The van der Waals surface area contributed by atoms with Gasteiger partial charge >= 0.3 is 0 Å². The Balaban J connectivity index is 2.61. The van der Waals surface area contributed by atoms with Crippen molar-refractivity contribution in [3.8, 4) is 5.75 Å². The van der Waals surface area contributed by atoms with E-state index in [1.54, 1.807) is 0 Å². The van der Waals surface area contributed by atoms with Crippen LogP contribution in [0.4, 0.5) is 0 Å². The lowest BCUT2D eigenvalue weighted by atomic mass is 9.80. The second-order valence-electron chi connectivity index (χ2n) is 11.1. The van der Waals surface area contributed by atoms with Gasteiger partial charge in [0.15, 0.2) is 0 Å². The fourth-order valence-corrected chi connectivity index (χ4v) is 4.26. The van der Waals surface area contributed by atoms with Crippen molar-refractivity contribution in [2.75, 3.05) is 0 Å². The van der Waals surface area contributed by atoms with Crippen molar-refractivity contribution in [3.05, 3.63) is 52.6 Å². The van der Waals surface area contributed by atoms with Crippen molar-refractivity contribution in [1.29, 1.82) is 0 Å². The van der Waals surface area contributed by atoms with Crippen LogP contribution in [0.3, 0.4) is 0 Å². The van der Waals surface area contributed by atoms with E-state index in [9.17, 15) is 5.11 Å². The Morgan fingerprint density at radius 2 is 1.45 bits per heavy atom. The second kappa shape index (κ2) is 8.23. The van der Waals surface area contributed by atoms with Gasteiger partial charge < -0.3 is 5.11 Å². The topological polar surface area (TPSA) is 32.6 Å². The minimum Gasteiger partial charge on any atom is -0.507 e. The van der Waals surface area contributed by atoms with E-state index in [4.69, 9.17) is 4.99 Å². The molecule has 1 atom stereocenters. The summed E-state index contributed by atoms with van der Waals surface area (Å²) in [5, 5.41) is 13.4. The number of phenols is 1. The summed E-state index contributed by atoms with van der Waals surface area (Å²) in [7, 11) is 0.374. The lowest BCUT2D eigenvalue weighted by molar-refractivity contribution is 0.449. The van der Waals surface area contributed by atoms with Crippen LogP contribution in [0.2, 0.25) is 0 Å². The number of phenolic OH excluding ortho intramolecular Hbond substituents is 1. The molecule has 0 aliphatic rings.